The molecule has 2 rings (SSSR count). The molecule has 0 aliphatic rings. The number of sulfone groups is 1. The van der Waals surface area contributed by atoms with Crippen LogP contribution in [-0.4, -0.2) is 19.7 Å². The van der Waals surface area contributed by atoms with Crippen molar-refractivity contribution < 1.29 is 8.42 Å². The first-order valence-electron chi connectivity index (χ1n) is 4.69. The Morgan fingerprint density at radius 3 is 2.25 bits per heavy atom. The molecule has 1 heterocycles. The minimum atomic E-state index is -3.11. The third-order valence-corrected chi connectivity index (χ3v) is 4.10. The second kappa shape index (κ2) is 3.99. The molecule has 5 heteroatoms. The Hall–Kier alpha value is -1.20. The number of hydrogen-bond donors (Lipinski definition) is 0. The van der Waals surface area contributed by atoms with Crippen LogP contribution in [0.5, 0.6) is 0 Å². The molecule has 0 fully saturated rings. The lowest BCUT2D eigenvalue weighted by Gasteiger charge is -1.99. The van der Waals surface area contributed by atoms with Crippen LogP contribution in [0.15, 0.2) is 34.5 Å². The normalized spacial score (nSPS) is 11.6. The highest BCUT2D eigenvalue weighted by Crippen LogP contribution is 2.22. The van der Waals surface area contributed by atoms with E-state index in [-0.39, 0.29) is 0 Å². The van der Waals surface area contributed by atoms with Gasteiger partial charge in [-0.05, 0) is 19.1 Å². The summed E-state index contributed by atoms with van der Waals surface area (Å²) < 4.78 is 22.5. The molecule has 0 spiro atoms. The molecular formula is C11H11NO2S2. The fourth-order valence-electron chi connectivity index (χ4n) is 1.37. The minimum Gasteiger partial charge on any atom is -0.242 e. The predicted octanol–water partition coefficient (Wildman–Crippen LogP) is 2.52. The van der Waals surface area contributed by atoms with Gasteiger partial charge in [-0.1, -0.05) is 12.1 Å². The Morgan fingerprint density at radius 2 is 1.81 bits per heavy atom. The van der Waals surface area contributed by atoms with Crippen molar-refractivity contribution in [3.8, 4) is 11.3 Å². The van der Waals surface area contributed by atoms with Crippen molar-refractivity contribution in [2.24, 2.45) is 0 Å². The lowest BCUT2D eigenvalue weighted by Crippen LogP contribution is -1.96. The number of aryl methyl sites for hydroxylation is 1. The van der Waals surface area contributed by atoms with Gasteiger partial charge < -0.3 is 0 Å². The maximum atomic E-state index is 11.3. The molecule has 0 unspecified atom stereocenters. The average molecular weight is 253 g/mol. The van der Waals surface area contributed by atoms with Gasteiger partial charge in [0.05, 0.1) is 15.6 Å². The molecule has 1 aromatic carbocycles. The van der Waals surface area contributed by atoms with Crippen molar-refractivity contribution in [3.05, 3.63) is 34.7 Å². The third kappa shape index (κ3) is 2.31. The number of nitrogens with zero attached hydrogens (tertiary/aromatic N) is 1. The average Bonchev–Trinajstić information content (AvgIpc) is 2.64. The summed E-state index contributed by atoms with van der Waals surface area (Å²) >= 11 is 1.58. The van der Waals surface area contributed by atoms with E-state index in [1.807, 2.05) is 12.3 Å². The van der Waals surface area contributed by atoms with Gasteiger partial charge in [-0.15, -0.1) is 11.3 Å². The van der Waals surface area contributed by atoms with Crippen molar-refractivity contribution in [2.75, 3.05) is 6.26 Å². The van der Waals surface area contributed by atoms with Crippen LogP contribution in [0.1, 0.15) is 5.01 Å². The van der Waals surface area contributed by atoms with Crippen LogP contribution in [0.4, 0.5) is 0 Å². The fourth-order valence-corrected chi connectivity index (χ4v) is 2.62. The Morgan fingerprint density at radius 1 is 1.19 bits per heavy atom. The molecule has 0 saturated heterocycles. The molecule has 84 valence electrons. The molecule has 0 radical (unpaired) electrons. The third-order valence-electron chi connectivity index (χ3n) is 2.20. The summed E-state index contributed by atoms with van der Waals surface area (Å²) in [7, 11) is -3.11. The van der Waals surface area contributed by atoms with E-state index in [0.29, 0.717) is 4.90 Å². The monoisotopic (exact) mass is 253 g/mol. The largest absolute Gasteiger partial charge is 0.242 e. The van der Waals surface area contributed by atoms with E-state index < -0.39 is 9.84 Å². The van der Waals surface area contributed by atoms with Crippen molar-refractivity contribution in [2.45, 2.75) is 11.8 Å². The molecule has 3 nitrogen and oxygen atoms in total. The molecule has 0 aliphatic carbocycles. The number of hydrogen-bond acceptors (Lipinski definition) is 4. The predicted molar refractivity (Wildman–Crippen MR) is 65.4 cm³/mol. The maximum absolute atomic E-state index is 11.3. The van der Waals surface area contributed by atoms with Gasteiger partial charge in [0.2, 0.25) is 0 Å². The summed E-state index contributed by atoms with van der Waals surface area (Å²) in [5, 5.41) is 2.97. The van der Waals surface area contributed by atoms with Gasteiger partial charge in [0.25, 0.3) is 0 Å². The molecule has 2 aromatic rings. The van der Waals surface area contributed by atoms with E-state index in [9.17, 15) is 8.42 Å². The van der Waals surface area contributed by atoms with Crippen LogP contribution in [0, 0.1) is 6.92 Å². The first kappa shape index (κ1) is 11.3. The van der Waals surface area contributed by atoms with E-state index in [1.165, 1.54) is 6.26 Å². The topological polar surface area (TPSA) is 47.0 Å². The van der Waals surface area contributed by atoms with E-state index in [4.69, 9.17) is 0 Å². The van der Waals surface area contributed by atoms with Gasteiger partial charge in [0.1, 0.15) is 0 Å². The van der Waals surface area contributed by atoms with Crippen LogP contribution in [0.25, 0.3) is 11.3 Å². The fraction of sp³-hybridized carbons (Fsp3) is 0.182. The molecule has 0 bridgehead atoms. The first-order chi connectivity index (χ1) is 7.47. The number of benzene rings is 1. The quantitative estimate of drug-likeness (QED) is 0.826. The zero-order valence-electron chi connectivity index (χ0n) is 8.97. The minimum absolute atomic E-state index is 0.336. The summed E-state index contributed by atoms with van der Waals surface area (Å²) in [5.41, 5.74) is 1.83. The highest BCUT2D eigenvalue weighted by molar-refractivity contribution is 7.90. The van der Waals surface area contributed by atoms with E-state index >= 15 is 0 Å². The van der Waals surface area contributed by atoms with Crippen LogP contribution >= 0.6 is 11.3 Å². The van der Waals surface area contributed by atoms with Crippen molar-refractivity contribution in [1.29, 1.82) is 0 Å². The van der Waals surface area contributed by atoms with Crippen molar-refractivity contribution in [1.82, 2.24) is 4.98 Å². The second-order valence-corrected chi connectivity index (χ2v) is 6.63. The zero-order valence-corrected chi connectivity index (χ0v) is 10.6. The van der Waals surface area contributed by atoms with E-state index in [0.717, 1.165) is 16.3 Å². The molecular weight excluding hydrogens is 242 g/mol. The summed E-state index contributed by atoms with van der Waals surface area (Å²) in [6.07, 6.45) is 1.20. The lowest BCUT2D eigenvalue weighted by atomic mass is 10.2. The Balaban J connectivity index is 2.40. The Bertz CT molecular complexity index is 597. The van der Waals surface area contributed by atoms with Gasteiger partial charge in [0.15, 0.2) is 9.84 Å². The van der Waals surface area contributed by atoms with Crippen LogP contribution in [-0.2, 0) is 9.84 Å². The summed E-state index contributed by atoms with van der Waals surface area (Å²) in [5.74, 6) is 0. The smallest absolute Gasteiger partial charge is 0.175 e. The van der Waals surface area contributed by atoms with Crippen molar-refractivity contribution in [3.63, 3.8) is 0 Å². The standard InChI is InChI=1S/C11H11NO2S2/c1-8-12-11(7-15-8)9-3-5-10(6-4-9)16(2,13)14/h3-7H,1-2H3. The van der Waals surface area contributed by atoms with Crippen molar-refractivity contribution >= 4 is 21.2 Å². The number of aromatic nitrogens is 1. The molecule has 16 heavy (non-hydrogen) atoms. The van der Waals surface area contributed by atoms with Gasteiger partial charge in [-0.3, -0.25) is 0 Å². The number of thiazole rings is 1. The summed E-state index contributed by atoms with van der Waals surface area (Å²) in [4.78, 5) is 4.68. The number of rotatable bonds is 2. The van der Waals surface area contributed by atoms with Gasteiger partial charge in [-0.2, -0.15) is 0 Å². The molecule has 1 aromatic heterocycles. The summed E-state index contributed by atoms with van der Waals surface area (Å²) in [6, 6.07) is 6.79. The molecule has 0 aliphatic heterocycles. The van der Waals surface area contributed by atoms with Crippen LogP contribution in [0.2, 0.25) is 0 Å². The Labute approximate surface area is 98.7 Å². The highest BCUT2D eigenvalue weighted by Gasteiger charge is 2.07. The van der Waals surface area contributed by atoms with E-state index in [2.05, 4.69) is 4.98 Å². The van der Waals surface area contributed by atoms with Crippen LogP contribution < -0.4 is 0 Å². The van der Waals surface area contributed by atoms with Crippen LogP contribution in [0.3, 0.4) is 0 Å². The molecule has 0 atom stereocenters. The van der Waals surface area contributed by atoms with Gasteiger partial charge in [-0.25, -0.2) is 13.4 Å². The molecule has 0 amide bonds. The van der Waals surface area contributed by atoms with Gasteiger partial charge >= 0.3 is 0 Å². The highest BCUT2D eigenvalue weighted by atomic mass is 32.2. The molecule has 0 saturated carbocycles. The van der Waals surface area contributed by atoms with E-state index in [1.54, 1.807) is 35.6 Å². The lowest BCUT2D eigenvalue weighted by molar-refractivity contribution is 0.602. The maximum Gasteiger partial charge on any atom is 0.175 e. The second-order valence-electron chi connectivity index (χ2n) is 3.55. The first-order valence-corrected chi connectivity index (χ1v) is 7.46. The van der Waals surface area contributed by atoms with Gasteiger partial charge in [0, 0.05) is 17.2 Å². The summed E-state index contributed by atoms with van der Waals surface area (Å²) in [6.45, 7) is 1.94. The zero-order chi connectivity index (χ0) is 11.8. The Kier molecular flexibility index (Phi) is 2.82. The SMILES string of the molecule is Cc1nc(-c2ccc(S(C)(=O)=O)cc2)cs1. The molecule has 0 N–H and O–H groups in total.